The van der Waals surface area contributed by atoms with E-state index in [2.05, 4.69) is 40.3 Å². The summed E-state index contributed by atoms with van der Waals surface area (Å²) >= 11 is 11.4. The number of alkyl halides is 6. The minimum Gasteiger partial charge on any atom is -0.488 e. The van der Waals surface area contributed by atoms with E-state index in [0.717, 1.165) is 67.9 Å². The number of carbonyl (C=O) groups excluding carboxylic acids is 6. The van der Waals surface area contributed by atoms with Crippen LogP contribution < -0.4 is 39.1 Å². The van der Waals surface area contributed by atoms with Crippen molar-refractivity contribution < 1.29 is 64.6 Å². The Morgan fingerprint density at radius 3 is 1.24 bits per heavy atom. The van der Waals surface area contributed by atoms with Crippen LogP contribution in [0.4, 0.5) is 43.8 Å². The van der Waals surface area contributed by atoms with Crippen molar-refractivity contribution in [3.8, 4) is 51.4 Å². The summed E-state index contributed by atoms with van der Waals surface area (Å²) in [5.41, 5.74) is 34.3. The predicted octanol–water partition coefficient (Wildman–Crippen LogP) is 8.09. The van der Waals surface area contributed by atoms with Crippen LogP contribution in [0.1, 0.15) is 112 Å². The van der Waals surface area contributed by atoms with E-state index in [1.54, 1.807) is 26.3 Å². The minimum atomic E-state index is -4.68. The molecule has 3 aliphatic carbocycles. The highest BCUT2D eigenvalue weighted by Crippen LogP contribution is 2.58. The molecule has 7 fully saturated rings. The monoisotopic (exact) mass is 1360 g/mol. The molecule has 13 rings (SSSR count). The van der Waals surface area contributed by atoms with E-state index in [4.69, 9.17) is 67.1 Å². The zero-order valence-electron chi connectivity index (χ0n) is 51.0. The normalized spacial score (nSPS) is 19.0. The van der Waals surface area contributed by atoms with Gasteiger partial charge < -0.3 is 58.6 Å². The summed E-state index contributed by atoms with van der Waals surface area (Å²) < 4.78 is 95.5. The number of nitrogens with zero attached hydrogens (tertiary/aromatic N) is 9. The average molecular weight is 1360 g/mol. The molecule has 7 heterocycles. The van der Waals surface area contributed by atoms with Crippen LogP contribution in [0.2, 0.25) is 10.0 Å². The van der Waals surface area contributed by atoms with Gasteiger partial charge in [0.1, 0.15) is 63.1 Å². The van der Waals surface area contributed by atoms with Crippen molar-refractivity contribution in [1.82, 2.24) is 44.0 Å². The highest BCUT2D eigenvalue weighted by molar-refractivity contribution is 6.32. The predicted molar refractivity (Wildman–Crippen MR) is 337 cm³/mol. The van der Waals surface area contributed by atoms with Gasteiger partial charge in [0.2, 0.25) is 11.8 Å². The summed E-state index contributed by atoms with van der Waals surface area (Å²) in [6.07, 6.45) is -1.43. The lowest BCUT2D eigenvalue weighted by atomic mass is 9.60. The summed E-state index contributed by atoms with van der Waals surface area (Å²) in [5.74, 6) is 3.34. The highest BCUT2D eigenvalue weighted by atomic mass is 35.5. The zero-order chi connectivity index (χ0) is 68.6. The molecule has 3 spiro atoms. The number of amides is 6. The number of likely N-dealkylation sites (tertiary alicyclic amines) is 3. The molecule has 3 saturated carbocycles. The Balaban J connectivity index is 0.000000145. The number of halogens is 8. The molecule has 3 aromatic carbocycles. The summed E-state index contributed by atoms with van der Waals surface area (Å²) in [7, 11) is 0. The summed E-state index contributed by atoms with van der Waals surface area (Å²) in [4.78, 5) is 76.7. The fourth-order valence-corrected chi connectivity index (χ4v) is 14.5. The van der Waals surface area contributed by atoms with E-state index in [9.17, 15) is 55.1 Å². The number of aromatic nitrogens is 6. The SMILES string of the molecule is C=CC(=O)N1CC2(CC(n3nc(-c4ccc(Cl)c(C(F)(F)F)c4)c(C(N)=O)c3N)C2)C1.C=CC(=O)N1CC2(CC(n3nc(-c4ccc(OC5CCOC5)cc4)c(C(N)=O)c3N)C2)C1.CC#CC(=O)N1CC2(CC(n3nc(-c4ccc(Cl)c(C(F)(F)F)c4)c(C(N)=O)c3N)C2)C1. The van der Waals surface area contributed by atoms with E-state index >= 15 is 0 Å². The maximum atomic E-state index is 13.3. The molecule has 12 N–H and O–H groups in total. The Kier molecular flexibility index (Phi) is 17.6. The third-order valence-corrected chi connectivity index (χ3v) is 19.3. The molecule has 6 amide bonds. The molecule has 23 nitrogen and oxygen atoms in total. The standard InChI is InChI=1S/C23H27N5O4.C21H19ClF3N5O2.C20H19ClF3N5O2/c1-2-18(29)27-12-23(13-27)9-15(10-23)28-21(24)19(22(25)30)20(26-28)14-3-5-16(6-4-14)32-17-7-8-31-11-17;1-2-3-15(31)29-9-20(10-29)7-12(8-20)30-18(26)16(19(27)32)17(28-30)11-4-5-14(22)13(6-11)21(23,24)25;1-2-14(30)28-8-19(9-28)6-11(7-19)29-17(25)15(18(26)31)16(27-29)10-3-4-13(21)12(5-10)20(22,23)24/h2-6,15,17H,1,7-13,24H2,(H2,25,30);4-6,12H,7-10,26H2,1H3,(H2,27,32);2-5,11H,1,6-9,25H2,(H2,26,31). The Bertz CT molecular complexity index is 4180. The molecular formula is C64H65Cl2F6N15O8. The van der Waals surface area contributed by atoms with E-state index < -0.39 is 51.2 Å². The van der Waals surface area contributed by atoms with Crippen molar-refractivity contribution in [2.45, 2.75) is 88.5 Å². The number of hydrogen-bond donors (Lipinski definition) is 6. The summed E-state index contributed by atoms with van der Waals surface area (Å²) in [5, 5.41) is 12.5. The lowest BCUT2D eigenvalue weighted by molar-refractivity contribution is -0.149. The van der Waals surface area contributed by atoms with Gasteiger partial charge in [0.15, 0.2) is 0 Å². The second-order valence-corrected chi connectivity index (χ2v) is 26.1. The van der Waals surface area contributed by atoms with Gasteiger partial charge in [-0.25, -0.2) is 14.0 Å². The first-order valence-corrected chi connectivity index (χ1v) is 30.7. The van der Waals surface area contributed by atoms with E-state index in [1.807, 2.05) is 24.3 Å². The van der Waals surface area contributed by atoms with Crippen molar-refractivity contribution in [3.05, 3.63) is 124 Å². The first-order valence-electron chi connectivity index (χ1n) is 30.0. The fourth-order valence-electron chi connectivity index (χ4n) is 14.1. The van der Waals surface area contributed by atoms with Gasteiger partial charge in [-0.05, 0) is 112 Å². The summed E-state index contributed by atoms with van der Waals surface area (Å²) in [6, 6.07) is 13.7. The number of nitrogen functional groups attached to an aromatic ring is 3. The van der Waals surface area contributed by atoms with Crippen LogP contribution in [0.25, 0.3) is 33.8 Å². The zero-order valence-corrected chi connectivity index (χ0v) is 52.5. The van der Waals surface area contributed by atoms with Crippen LogP contribution in [0.15, 0.2) is 86.0 Å². The van der Waals surface area contributed by atoms with Gasteiger partial charge in [0.05, 0.1) is 52.5 Å². The molecule has 6 aromatic rings. The molecule has 95 heavy (non-hydrogen) atoms. The maximum absolute atomic E-state index is 13.3. The van der Waals surface area contributed by atoms with Gasteiger partial charge in [0, 0.05) is 78.6 Å². The number of ether oxygens (including phenoxy) is 2. The average Bonchev–Trinajstić information content (AvgIpc) is 1.72. The second-order valence-electron chi connectivity index (χ2n) is 25.3. The molecule has 1 atom stereocenters. The van der Waals surface area contributed by atoms with Crippen LogP contribution in [-0.2, 0) is 31.5 Å². The first-order chi connectivity index (χ1) is 44.8. The molecule has 0 bridgehead atoms. The van der Waals surface area contributed by atoms with Crippen LogP contribution in [0.5, 0.6) is 5.75 Å². The van der Waals surface area contributed by atoms with Crippen LogP contribution in [0, 0.1) is 28.1 Å². The first kappa shape index (κ1) is 66.9. The molecule has 4 saturated heterocycles. The lowest BCUT2D eigenvalue weighted by Crippen LogP contribution is -2.63. The van der Waals surface area contributed by atoms with Gasteiger partial charge in [-0.2, -0.15) is 41.6 Å². The van der Waals surface area contributed by atoms with Crippen molar-refractivity contribution in [2.24, 2.45) is 33.4 Å². The minimum absolute atomic E-state index is 0.0000331. The quantitative estimate of drug-likeness (QED) is 0.0362. The van der Waals surface area contributed by atoms with Gasteiger partial charge in [0.25, 0.3) is 23.6 Å². The molecule has 1 unspecified atom stereocenters. The van der Waals surface area contributed by atoms with Crippen molar-refractivity contribution in [1.29, 1.82) is 0 Å². The number of rotatable bonds is 13. The molecule has 31 heteroatoms. The number of hydrogen-bond acceptors (Lipinski definition) is 14. The fraction of sp³-hybridized carbons (Fsp3) is 0.391. The highest BCUT2D eigenvalue weighted by Gasteiger charge is 2.57. The maximum Gasteiger partial charge on any atom is 0.417 e. The Labute approximate surface area is 549 Å². The number of primary amides is 3. The lowest BCUT2D eigenvalue weighted by Gasteiger charge is -2.58. The number of carbonyl (C=O) groups is 6. The van der Waals surface area contributed by atoms with Crippen LogP contribution in [-0.4, -0.2) is 138 Å². The van der Waals surface area contributed by atoms with Crippen molar-refractivity contribution >= 4 is 76.1 Å². The van der Waals surface area contributed by atoms with E-state index in [1.165, 1.54) is 33.6 Å². The number of benzene rings is 3. The number of nitrogens with two attached hydrogens (primary N) is 6. The van der Waals surface area contributed by atoms with Gasteiger partial charge in [-0.1, -0.05) is 54.4 Å². The van der Waals surface area contributed by atoms with Gasteiger partial charge in [-0.3, -0.25) is 28.8 Å². The molecule has 500 valence electrons. The smallest absolute Gasteiger partial charge is 0.417 e. The third kappa shape index (κ3) is 12.7. The Hall–Kier alpha value is -9.53. The van der Waals surface area contributed by atoms with Crippen LogP contribution in [0.3, 0.4) is 0 Å². The Morgan fingerprint density at radius 1 is 0.579 bits per heavy atom. The topological polar surface area (TPSA) is 340 Å². The largest absolute Gasteiger partial charge is 0.488 e. The van der Waals surface area contributed by atoms with Crippen LogP contribution >= 0.6 is 23.2 Å². The van der Waals surface area contributed by atoms with E-state index in [-0.39, 0.29) is 115 Å². The molecule has 3 aromatic heterocycles. The van der Waals surface area contributed by atoms with E-state index in [0.29, 0.717) is 70.8 Å². The Morgan fingerprint density at radius 2 is 0.926 bits per heavy atom. The molecule has 7 aliphatic rings. The van der Waals surface area contributed by atoms with Crippen molar-refractivity contribution in [3.63, 3.8) is 0 Å². The third-order valence-electron chi connectivity index (χ3n) is 18.7. The number of anilines is 3. The second kappa shape index (κ2) is 25.0. The van der Waals surface area contributed by atoms with Gasteiger partial charge in [-0.15, -0.1) is 0 Å². The van der Waals surface area contributed by atoms with Crippen molar-refractivity contribution in [2.75, 3.05) is 69.7 Å². The molecular weight excluding hydrogens is 1290 g/mol. The molecule has 4 aliphatic heterocycles. The van der Waals surface area contributed by atoms with Gasteiger partial charge >= 0.3 is 12.4 Å². The summed E-state index contributed by atoms with van der Waals surface area (Å²) in [6.45, 7) is 13.7. The molecule has 0 radical (unpaired) electrons.